The Bertz CT molecular complexity index is 650. The first-order valence-corrected chi connectivity index (χ1v) is 7.33. The molecule has 0 fully saturated rings. The van der Waals surface area contributed by atoms with Crippen LogP contribution in [0.2, 0.25) is 0 Å². The average molecular weight is 301 g/mol. The van der Waals surface area contributed by atoms with Gasteiger partial charge in [-0.25, -0.2) is 0 Å². The fourth-order valence-electron chi connectivity index (χ4n) is 2.02. The molecule has 22 heavy (non-hydrogen) atoms. The molecule has 116 valence electrons. The molecule has 0 aliphatic carbocycles. The van der Waals surface area contributed by atoms with Gasteiger partial charge >= 0.3 is 0 Å². The Kier molecular flexibility index (Phi) is 4.22. The van der Waals surface area contributed by atoms with Gasteiger partial charge in [-0.15, -0.1) is 5.10 Å². The fraction of sp³-hybridized carbons (Fsp3) is 0.400. The molecule has 7 nitrogen and oxygen atoms in total. The van der Waals surface area contributed by atoms with Crippen molar-refractivity contribution in [3.05, 3.63) is 30.0 Å². The number of rotatable bonds is 6. The lowest BCUT2D eigenvalue weighted by Gasteiger charge is -2.11. The number of fused-ring (bicyclic) bond motifs is 1. The smallest absolute Gasteiger partial charge is 0.244 e. The molecule has 0 bridgehead atoms. The lowest BCUT2D eigenvalue weighted by atomic mass is 10.2. The van der Waals surface area contributed by atoms with Gasteiger partial charge in [0, 0.05) is 12.6 Å². The zero-order valence-corrected chi connectivity index (χ0v) is 12.7. The van der Waals surface area contributed by atoms with E-state index in [0.29, 0.717) is 24.4 Å². The van der Waals surface area contributed by atoms with Crippen molar-refractivity contribution in [3.63, 3.8) is 0 Å². The SMILES string of the molecule is CCC(C)Nc1nncc(NCc2ccc3c(c2)OCO3)n1. The van der Waals surface area contributed by atoms with Gasteiger partial charge in [-0.05, 0) is 31.0 Å². The molecule has 2 aromatic rings. The van der Waals surface area contributed by atoms with E-state index in [0.717, 1.165) is 23.5 Å². The largest absolute Gasteiger partial charge is 0.454 e. The molecule has 3 rings (SSSR count). The second kappa shape index (κ2) is 6.46. The highest BCUT2D eigenvalue weighted by atomic mass is 16.7. The van der Waals surface area contributed by atoms with Crippen LogP contribution >= 0.6 is 0 Å². The molecule has 2 heterocycles. The summed E-state index contributed by atoms with van der Waals surface area (Å²) in [5.41, 5.74) is 1.08. The summed E-state index contributed by atoms with van der Waals surface area (Å²) in [5, 5.41) is 14.4. The predicted molar refractivity (Wildman–Crippen MR) is 83.1 cm³/mol. The molecule has 1 atom stereocenters. The van der Waals surface area contributed by atoms with Crippen molar-refractivity contribution in [2.45, 2.75) is 32.9 Å². The van der Waals surface area contributed by atoms with Crippen LogP contribution in [-0.2, 0) is 6.54 Å². The zero-order valence-electron chi connectivity index (χ0n) is 12.7. The van der Waals surface area contributed by atoms with Gasteiger partial charge in [0.15, 0.2) is 17.3 Å². The molecule has 1 aromatic carbocycles. The van der Waals surface area contributed by atoms with Crippen LogP contribution in [0.3, 0.4) is 0 Å². The minimum absolute atomic E-state index is 0.284. The Morgan fingerprint density at radius 2 is 2.14 bits per heavy atom. The van der Waals surface area contributed by atoms with Gasteiger partial charge in [0.05, 0.1) is 6.20 Å². The van der Waals surface area contributed by atoms with Crippen molar-refractivity contribution in [3.8, 4) is 11.5 Å². The molecule has 0 saturated heterocycles. The van der Waals surface area contributed by atoms with Gasteiger partial charge in [-0.3, -0.25) is 0 Å². The Morgan fingerprint density at radius 1 is 1.27 bits per heavy atom. The van der Waals surface area contributed by atoms with E-state index in [1.165, 1.54) is 0 Å². The Labute approximate surface area is 129 Å². The van der Waals surface area contributed by atoms with E-state index in [-0.39, 0.29) is 6.79 Å². The molecule has 0 spiro atoms. The molecule has 2 N–H and O–H groups in total. The third kappa shape index (κ3) is 3.36. The molecule has 1 aliphatic heterocycles. The molecular weight excluding hydrogens is 282 g/mol. The second-order valence-corrected chi connectivity index (χ2v) is 5.16. The second-order valence-electron chi connectivity index (χ2n) is 5.16. The molecular formula is C15H19N5O2. The number of hydrogen-bond acceptors (Lipinski definition) is 7. The van der Waals surface area contributed by atoms with Crippen LogP contribution in [-0.4, -0.2) is 28.0 Å². The lowest BCUT2D eigenvalue weighted by molar-refractivity contribution is 0.174. The van der Waals surface area contributed by atoms with Crippen molar-refractivity contribution in [2.24, 2.45) is 0 Å². The van der Waals surface area contributed by atoms with E-state index in [4.69, 9.17) is 9.47 Å². The summed E-state index contributed by atoms with van der Waals surface area (Å²) in [4.78, 5) is 4.40. The van der Waals surface area contributed by atoms with Crippen LogP contribution in [0, 0.1) is 0 Å². The highest BCUT2D eigenvalue weighted by Gasteiger charge is 2.13. The summed E-state index contributed by atoms with van der Waals surface area (Å²) >= 11 is 0. The van der Waals surface area contributed by atoms with Crippen molar-refractivity contribution in [2.75, 3.05) is 17.4 Å². The van der Waals surface area contributed by atoms with Crippen LogP contribution in [0.5, 0.6) is 11.5 Å². The normalized spacial score (nSPS) is 13.7. The van der Waals surface area contributed by atoms with Gasteiger partial charge in [-0.2, -0.15) is 10.1 Å². The maximum atomic E-state index is 5.37. The van der Waals surface area contributed by atoms with Crippen molar-refractivity contribution < 1.29 is 9.47 Å². The standard InChI is InChI=1S/C15H19N5O2/c1-3-10(2)18-15-19-14(8-17-20-15)16-7-11-4-5-12-13(6-11)22-9-21-12/h4-6,8,10H,3,7,9H2,1-2H3,(H2,16,18,19,20). The number of anilines is 2. The highest BCUT2D eigenvalue weighted by Crippen LogP contribution is 2.32. The molecule has 0 saturated carbocycles. The van der Waals surface area contributed by atoms with Gasteiger partial charge in [0.25, 0.3) is 0 Å². The Hall–Kier alpha value is -2.57. The van der Waals surface area contributed by atoms with Gasteiger partial charge in [-0.1, -0.05) is 13.0 Å². The molecule has 1 aliphatic rings. The van der Waals surface area contributed by atoms with Crippen molar-refractivity contribution in [1.82, 2.24) is 15.2 Å². The van der Waals surface area contributed by atoms with Crippen molar-refractivity contribution >= 4 is 11.8 Å². The summed E-state index contributed by atoms with van der Waals surface area (Å²) in [7, 11) is 0. The number of hydrogen-bond donors (Lipinski definition) is 2. The first kappa shape index (κ1) is 14.4. The van der Waals surface area contributed by atoms with Crippen LogP contribution in [0.15, 0.2) is 24.4 Å². The topological polar surface area (TPSA) is 81.2 Å². The number of aromatic nitrogens is 3. The van der Waals surface area contributed by atoms with Crippen LogP contribution in [0.4, 0.5) is 11.8 Å². The van der Waals surface area contributed by atoms with E-state index in [2.05, 4.69) is 39.7 Å². The van der Waals surface area contributed by atoms with E-state index in [9.17, 15) is 0 Å². The summed E-state index contributed by atoms with van der Waals surface area (Å²) in [6.45, 7) is 5.09. The summed E-state index contributed by atoms with van der Waals surface area (Å²) in [5.74, 6) is 2.77. The number of benzene rings is 1. The first-order chi connectivity index (χ1) is 10.7. The maximum Gasteiger partial charge on any atom is 0.244 e. The number of nitrogens with zero attached hydrogens (tertiary/aromatic N) is 3. The molecule has 1 aromatic heterocycles. The van der Waals surface area contributed by atoms with E-state index in [1.807, 2.05) is 18.2 Å². The quantitative estimate of drug-likeness (QED) is 0.848. The van der Waals surface area contributed by atoms with Gasteiger partial charge in [0.1, 0.15) is 0 Å². The van der Waals surface area contributed by atoms with Crippen LogP contribution < -0.4 is 20.1 Å². The highest BCUT2D eigenvalue weighted by molar-refractivity contribution is 5.46. The van der Waals surface area contributed by atoms with E-state index >= 15 is 0 Å². The predicted octanol–water partition coefficient (Wildman–Crippen LogP) is 2.42. The molecule has 1 unspecified atom stereocenters. The Morgan fingerprint density at radius 3 is 3.00 bits per heavy atom. The maximum absolute atomic E-state index is 5.37. The van der Waals surface area contributed by atoms with Gasteiger partial charge < -0.3 is 20.1 Å². The summed E-state index contributed by atoms with van der Waals surface area (Å²) in [6, 6.07) is 6.18. The molecule has 0 radical (unpaired) electrons. The monoisotopic (exact) mass is 301 g/mol. The third-order valence-electron chi connectivity index (χ3n) is 3.46. The average Bonchev–Trinajstić information content (AvgIpc) is 3.01. The Balaban J connectivity index is 1.62. The van der Waals surface area contributed by atoms with Crippen LogP contribution in [0.25, 0.3) is 0 Å². The zero-order chi connectivity index (χ0) is 15.4. The number of ether oxygens (including phenoxy) is 2. The molecule has 7 heteroatoms. The lowest BCUT2D eigenvalue weighted by Crippen LogP contribution is -2.16. The summed E-state index contributed by atoms with van der Waals surface area (Å²) < 4.78 is 10.7. The van der Waals surface area contributed by atoms with E-state index < -0.39 is 0 Å². The number of nitrogens with one attached hydrogen (secondary N) is 2. The first-order valence-electron chi connectivity index (χ1n) is 7.33. The third-order valence-corrected chi connectivity index (χ3v) is 3.46. The van der Waals surface area contributed by atoms with E-state index in [1.54, 1.807) is 6.20 Å². The van der Waals surface area contributed by atoms with Crippen LogP contribution in [0.1, 0.15) is 25.8 Å². The minimum Gasteiger partial charge on any atom is -0.454 e. The molecule has 0 amide bonds. The van der Waals surface area contributed by atoms with Crippen molar-refractivity contribution in [1.29, 1.82) is 0 Å². The fourth-order valence-corrected chi connectivity index (χ4v) is 2.02. The minimum atomic E-state index is 0.284. The van der Waals surface area contributed by atoms with Gasteiger partial charge in [0.2, 0.25) is 12.7 Å². The summed E-state index contributed by atoms with van der Waals surface area (Å²) in [6.07, 6.45) is 2.60.